The van der Waals surface area contributed by atoms with E-state index in [2.05, 4.69) is 9.88 Å². The van der Waals surface area contributed by atoms with Crippen LogP contribution in [0.15, 0.2) is 44.1 Å². The number of pyridine rings is 1. The molecule has 33 heavy (non-hydrogen) atoms. The maximum atomic E-state index is 12.4. The summed E-state index contributed by atoms with van der Waals surface area (Å²) in [4.78, 5) is 19.5. The molecule has 172 valence electrons. The summed E-state index contributed by atoms with van der Waals surface area (Å²) < 4.78 is 11.9. The average molecular weight is 447 g/mol. The molecule has 0 amide bonds. The van der Waals surface area contributed by atoms with Crippen molar-refractivity contribution in [2.45, 2.75) is 59.0 Å². The topological polar surface area (TPSA) is 79.7 Å². The number of rotatable bonds is 5. The van der Waals surface area contributed by atoms with Gasteiger partial charge in [-0.25, -0.2) is 4.79 Å². The van der Waals surface area contributed by atoms with Gasteiger partial charge in [0.2, 0.25) is 0 Å². The van der Waals surface area contributed by atoms with Gasteiger partial charge in [0, 0.05) is 47.8 Å². The molecule has 1 N–H and O–H groups in total. The lowest BCUT2D eigenvalue weighted by Gasteiger charge is -2.35. The number of nitrogens with zero attached hydrogens (tertiary/aromatic N) is 2. The maximum absolute atomic E-state index is 12.4. The number of furan rings is 1. The zero-order chi connectivity index (χ0) is 23.1. The minimum Gasteiger partial charge on any atom is -0.454 e. The molecular weight excluding hydrogens is 416 g/mol. The Kier molecular flexibility index (Phi) is 5.81. The molecule has 0 radical (unpaired) electrons. The second-order valence-corrected chi connectivity index (χ2v) is 9.22. The van der Waals surface area contributed by atoms with E-state index in [1.165, 1.54) is 18.9 Å². The largest absolute Gasteiger partial charge is 0.454 e. The zero-order valence-corrected chi connectivity index (χ0v) is 19.5. The van der Waals surface area contributed by atoms with Gasteiger partial charge in [-0.15, -0.1) is 0 Å². The minimum atomic E-state index is -0.387. The first kappa shape index (κ1) is 21.9. The minimum absolute atomic E-state index is 0.209. The predicted octanol–water partition coefficient (Wildman–Crippen LogP) is 5.26. The molecule has 4 heterocycles. The number of likely N-dealkylation sites (tertiary alicyclic amines) is 1. The van der Waals surface area contributed by atoms with Crippen LogP contribution in [0.25, 0.3) is 33.3 Å². The average Bonchev–Trinajstić information content (AvgIpc) is 3.26. The number of piperidine rings is 1. The summed E-state index contributed by atoms with van der Waals surface area (Å²) in [6.07, 6.45) is 6.23. The van der Waals surface area contributed by atoms with Crippen LogP contribution in [0.3, 0.4) is 0 Å². The highest BCUT2D eigenvalue weighted by Gasteiger charge is 2.24. The molecule has 1 aliphatic heterocycles. The predicted molar refractivity (Wildman–Crippen MR) is 129 cm³/mol. The molecular formula is C27H30N2O4. The number of aliphatic hydroxyl groups is 1. The lowest BCUT2D eigenvalue weighted by atomic mass is 9.98. The molecule has 1 aliphatic rings. The smallest absolute Gasteiger partial charge is 0.336 e. The number of aryl methyl sites for hydroxylation is 3. The lowest BCUT2D eigenvalue weighted by Crippen LogP contribution is -2.39. The molecule has 1 aromatic carbocycles. The third-order valence-corrected chi connectivity index (χ3v) is 7.10. The van der Waals surface area contributed by atoms with E-state index in [-0.39, 0.29) is 12.2 Å². The number of benzene rings is 1. The number of aromatic nitrogens is 1. The van der Waals surface area contributed by atoms with Gasteiger partial charge in [-0.05, 0) is 69.3 Å². The summed E-state index contributed by atoms with van der Waals surface area (Å²) in [6, 6.07) is 7.97. The van der Waals surface area contributed by atoms with Crippen molar-refractivity contribution in [3.05, 3.63) is 63.3 Å². The van der Waals surface area contributed by atoms with Crippen molar-refractivity contribution >= 4 is 21.9 Å². The van der Waals surface area contributed by atoms with Gasteiger partial charge in [0.05, 0.1) is 5.69 Å². The van der Waals surface area contributed by atoms with Gasteiger partial charge in [0.15, 0.2) is 5.58 Å². The van der Waals surface area contributed by atoms with E-state index in [9.17, 15) is 9.90 Å². The molecule has 0 spiro atoms. The van der Waals surface area contributed by atoms with Crippen LogP contribution in [0.2, 0.25) is 0 Å². The van der Waals surface area contributed by atoms with Crippen molar-refractivity contribution in [1.29, 1.82) is 0 Å². The fraction of sp³-hybridized carbons (Fsp3) is 0.407. The standard InChI is InChI=1S/C27H30N2O4/c1-16-7-8-21-23(13-25(31)33-26(21)17(16)2)24-12-22-19(14-28-18(3)27(22)32-24)15-29-10-5-4-6-20(29)9-11-30/h7-8,12-14,20,30H,4-6,9-11,15H2,1-3H3. The lowest BCUT2D eigenvalue weighted by molar-refractivity contribution is 0.113. The summed E-state index contributed by atoms with van der Waals surface area (Å²) in [6.45, 7) is 7.92. The summed E-state index contributed by atoms with van der Waals surface area (Å²) in [7, 11) is 0. The Morgan fingerprint density at radius 3 is 2.76 bits per heavy atom. The molecule has 0 bridgehead atoms. The zero-order valence-electron chi connectivity index (χ0n) is 19.5. The Morgan fingerprint density at radius 2 is 1.94 bits per heavy atom. The molecule has 4 aromatic rings. The highest BCUT2D eigenvalue weighted by molar-refractivity contribution is 5.97. The van der Waals surface area contributed by atoms with Crippen LogP contribution in [0.1, 0.15) is 48.1 Å². The van der Waals surface area contributed by atoms with E-state index in [0.29, 0.717) is 17.4 Å². The quantitative estimate of drug-likeness (QED) is 0.421. The van der Waals surface area contributed by atoms with E-state index in [1.54, 1.807) is 0 Å². The number of fused-ring (bicyclic) bond motifs is 2. The van der Waals surface area contributed by atoms with Crippen LogP contribution in [-0.2, 0) is 6.54 Å². The van der Waals surface area contributed by atoms with Gasteiger partial charge >= 0.3 is 5.63 Å². The SMILES string of the molecule is Cc1ccc2c(-c3cc4c(CN5CCCCC5CCO)cnc(C)c4o3)cc(=O)oc2c1C. The molecule has 1 unspecified atom stereocenters. The Bertz CT molecular complexity index is 1380. The maximum Gasteiger partial charge on any atom is 0.336 e. The Hall–Kier alpha value is -2.96. The van der Waals surface area contributed by atoms with Crippen LogP contribution in [0.4, 0.5) is 0 Å². The Labute approximate surface area is 192 Å². The number of hydrogen-bond donors (Lipinski definition) is 1. The van der Waals surface area contributed by atoms with E-state index in [0.717, 1.165) is 70.2 Å². The molecule has 6 nitrogen and oxygen atoms in total. The molecule has 1 saturated heterocycles. The van der Waals surface area contributed by atoms with E-state index in [4.69, 9.17) is 8.83 Å². The highest BCUT2D eigenvalue weighted by Crippen LogP contribution is 2.36. The van der Waals surface area contributed by atoms with Crippen LogP contribution in [0, 0.1) is 20.8 Å². The van der Waals surface area contributed by atoms with Gasteiger partial charge in [-0.1, -0.05) is 18.6 Å². The van der Waals surface area contributed by atoms with Crippen molar-refractivity contribution in [2.24, 2.45) is 0 Å². The summed E-state index contributed by atoms with van der Waals surface area (Å²) in [5.74, 6) is 0.647. The van der Waals surface area contributed by atoms with Gasteiger partial charge in [0.25, 0.3) is 0 Å². The van der Waals surface area contributed by atoms with Crippen LogP contribution < -0.4 is 5.63 Å². The van der Waals surface area contributed by atoms with Crippen LogP contribution in [0.5, 0.6) is 0 Å². The van der Waals surface area contributed by atoms with E-state index in [1.807, 2.05) is 45.2 Å². The molecule has 1 atom stereocenters. The second-order valence-electron chi connectivity index (χ2n) is 9.22. The van der Waals surface area contributed by atoms with Gasteiger partial charge in [0.1, 0.15) is 11.3 Å². The fourth-order valence-electron chi connectivity index (χ4n) is 5.09. The van der Waals surface area contributed by atoms with Gasteiger partial charge in [-0.2, -0.15) is 0 Å². The number of hydrogen-bond acceptors (Lipinski definition) is 6. The fourth-order valence-corrected chi connectivity index (χ4v) is 5.09. The first-order chi connectivity index (χ1) is 16.0. The van der Waals surface area contributed by atoms with Crippen molar-refractivity contribution < 1.29 is 13.9 Å². The summed E-state index contributed by atoms with van der Waals surface area (Å²) in [5.41, 5.74) is 5.68. The van der Waals surface area contributed by atoms with E-state index >= 15 is 0 Å². The third kappa shape index (κ3) is 3.98. The summed E-state index contributed by atoms with van der Waals surface area (Å²) >= 11 is 0. The summed E-state index contributed by atoms with van der Waals surface area (Å²) in [5, 5.41) is 11.4. The molecule has 5 rings (SSSR count). The molecule has 6 heteroatoms. The first-order valence-corrected chi connectivity index (χ1v) is 11.7. The molecule has 0 saturated carbocycles. The number of aliphatic hydroxyl groups excluding tert-OH is 1. The van der Waals surface area contributed by atoms with Crippen LogP contribution in [-0.4, -0.2) is 34.2 Å². The van der Waals surface area contributed by atoms with Gasteiger partial charge < -0.3 is 13.9 Å². The Morgan fingerprint density at radius 1 is 1.09 bits per heavy atom. The van der Waals surface area contributed by atoms with E-state index < -0.39 is 0 Å². The van der Waals surface area contributed by atoms with Crippen LogP contribution >= 0.6 is 0 Å². The molecule has 1 fully saturated rings. The third-order valence-electron chi connectivity index (χ3n) is 7.10. The van der Waals surface area contributed by atoms with Crippen molar-refractivity contribution in [1.82, 2.24) is 9.88 Å². The monoisotopic (exact) mass is 446 g/mol. The highest BCUT2D eigenvalue weighted by atomic mass is 16.4. The molecule has 3 aromatic heterocycles. The molecule has 0 aliphatic carbocycles. The van der Waals surface area contributed by atoms with Crippen molar-refractivity contribution in [2.75, 3.05) is 13.2 Å². The normalized spacial score (nSPS) is 17.3. The second kappa shape index (κ2) is 8.76. The van der Waals surface area contributed by atoms with Gasteiger partial charge in [-0.3, -0.25) is 9.88 Å². The van der Waals surface area contributed by atoms with Crippen molar-refractivity contribution in [3.8, 4) is 11.3 Å². The van der Waals surface area contributed by atoms with Crippen molar-refractivity contribution in [3.63, 3.8) is 0 Å². The first-order valence-electron chi connectivity index (χ1n) is 11.7. The Balaban J connectivity index is 1.62.